The molecular weight excluding hydrogens is 352 g/mol. The van der Waals surface area contributed by atoms with Crippen LogP contribution in [-0.2, 0) is 0 Å². The van der Waals surface area contributed by atoms with E-state index in [-0.39, 0.29) is 0 Å². The normalized spacial score (nSPS) is 40.2. The Labute approximate surface area is 183 Å². The molecule has 0 aromatic carbocycles. The van der Waals surface area contributed by atoms with E-state index in [2.05, 4.69) is 62.3 Å². The van der Waals surface area contributed by atoms with Crippen LogP contribution in [0.1, 0.15) is 94.4 Å². The van der Waals surface area contributed by atoms with Crippen LogP contribution in [0.4, 0.5) is 0 Å². The maximum atomic E-state index is 6.83. The third-order valence-corrected chi connectivity index (χ3v) is 9.38. The van der Waals surface area contributed by atoms with E-state index in [4.69, 9.17) is 11.5 Å². The topological polar surface area (TPSA) is 52.0 Å². The van der Waals surface area contributed by atoms with Gasteiger partial charge < -0.3 is 11.5 Å². The second-order valence-corrected chi connectivity index (χ2v) is 12.3. The van der Waals surface area contributed by atoms with Crippen molar-refractivity contribution in [2.75, 3.05) is 0 Å². The average Bonchev–Trinajstić information content (AvgIpc) is 2.63. The number of hydrogen-bond acceptors (Lipinski definition) is 2. The molecule has 0 radical (unpaired) electrons. The van der Waals surface area contributed by atoms with Crippen molar-refractivity contribution in [2.24, 2.45) is 76.6 Å². The fraction of sp³-hybridized carbons (Fsp3) is 1.00. The van der Waals surface area contributed by atoms with Gasteiger partial charge in [-0.05, 0) is 90.8 Å². The Hall–Kier alpha value is -0.0800. The first-order valence-corrected chi connectivity index (χ1v) is 13.0. The van der Waals surface area contributed by atoms with Crippen LogP contribution >= 0.6 is 0 Å². The molecule has 2 aliphatic carbocycles. The smallest absolute Gasteiger partial charge is 0.0101 e. The lowest BCUT2D eigenvalue weighted by Crippen LogP contribution is -2.51. The summed E-state index contributed by atoms with van der Waals surface area (Å²) in [6.07, 6.45) is 6.72. The second kappa shape index (κ2) is 10.5. The number of hydrogen-bond donors (Lipinski definition) is 2. The van der Waals surface area contributed by atoms with Gasteiger partial charge >= 0.3 is 0 Å². The molecule has 0 heterocycles. The highest BCUT2D eigenvalue weighted by molar-refractivity contribution is 4.98. The highest BCUT2D eigenvalue weighted by Gasteiger charge is 2.45. The van der Waals surface area contributed by atoms with E-state index in [0.717, 1.165) is 17.8 Å². The highest BCUT2D eigenvalue weighted by Crippen LogP contribution is 2.50. The lowest BCUT2D eigenvalue weighted by atomic mass is 9.56. The average molecular weight is 407 g/mol. The molecule has 0 saturated heterocycles. The Bertz CT molecular complexity index is 405. The first-order chi connectivity index (χ1) is 13.5. The van der Waals surface area contributed by atoms with E-state index < -0.39 is 0 Å². The van der Waals surface area contributed by atoms with Crippen LogP contribution in [0.5, 0.6) is 0 Å². The standard InChI is InChI=1S/C27H54N2/c1-10-21(19-11-22(15(2)3)26(28)23(12-19)16(4)5)20-13-24(17(6)7)27(29)25(14-20)18(8)9/h15-27H,10-14,28-29H2,1-9H3. The van der Waals surface area contributed by atoms with Gasteiger partial charge in [-0.1, -0.05) is 68.7 Å². The van der Waals surface area contributed by atoms with E-state index in [1.165, 1.54) is 32.1 Å². The number of nitrogens with two attached hydrogens (primary N) is 2. The van der Waals surface area contributed by atoms with Gasteiger partial charge in [-0.15, -0.1) is 0 Å². The maximum absolute atomic E-state index is 6.83. The minimum atomic E-state index is 0.385. The van der Waals surface area contributed by atoms with Gasteiger partial charge in [0.1, 0.15) is 0 Å². The molecule has 0 aliphatic heterocycles. The summed E-state index contributed by atoms with van der Waals surface area (Å²) in [4.78, 5) is 0. The molecule has 4 atom stereocenters. The summed E-state index contributed by atoms with van der Waals surface area (Å²) in [6.45, 7) is 21.6. The summed E-state index contributed by atoms with van der Waals surface area (Å²) in [7, 11) is 0. The Kier molecular flexibility index (Phi) is 9.11. The van der Waals surface area contributed by atoms with Crippen LogP contribution in [-0.4, -0.2) is 12.1 Å². The van der Waals surface area contributed by atoms with Gasteiger partial charge in [-0.2, -0.15) is 0 Å². The predicted molar refractivity (Wildman–Crippen MR) is 128 cm³/mol. The molecule has 172 valence electrons. The van der Waals surface area contributed by atoms with Crippen molar-refractivity contribution in [2.45, 2.75) is 107 Å². The molecule has 0 aromatic rings. The summed E-state index contributed by atoms with van der Waals surface area (Å²) in [5.41, 5.74) is 13.7. The van der Waals surface area contributed by atoms with Crippen LogP contribution in [0.3, 0.4) is 0 Å². The zero-order chi connectivity index (χ0) is 22.0. The fourth-order valence-corrected chi connectivity index (χ4v) is 7.47. The molecule has 0 spiro atoms. The summed E-state index contributed by atoms with van der Waals surface area (Å²) in [5.74, 6) is 8.04. The number of rotatable bonds is 7. The van der Waals surface area contributed by atoms with Gasteiger partial charge in [0.15, 0.2) is 0 Å². The Morgan fingerprint density at radius 1 is 0.552 bits per heavy atom. The molecule has 2 saturated carbocycles. The molecule has 2 fully saturated rings. The third-order valence-electron chi connectivity index (χ3n) is 9.38. The zero-order valence-electron chi connectivity index (χ0n) is 21.2. The first-order valence-electron chi connectivity index (χ1n) is 13.0. The van der Waals surface area contributed by atoms with E-state index in [1.807, 2.05) is 0 Å². The summed E-state index contributed by atoms with van der Waals surface area (Å²) in [5, 5.41) is 0. The summed E-state index contributed by atoms with van der Waals surface area (Å²) >= 11 is 0. The molecule has 0 amide bonds. The highest BCUT2D eigenvalue weighted by atomic mass is 14.7. The maximum Gasteiger partial charge on any atom is 0.0101 e. The summed E-state index contributed by atoms with van der Waals surface area (Å²) in [6, 6.07) is 0.769. The van der Waals surface area contributed by atoms with Gasteiger partial charge in [0.25, 0.3) is 0 Å². The van der Waals surface area contributed by atoms with Gasteiger partial charge in [-0.25, -0.2) is 0 Å². The first kappa shape index (κ1) is 25.2. The molecule has 2 rings (SSSR count). The quantitative estimate of drug-likeness (QED) is 0.502. The van der Waals surface area contributed by atoms with Crippen LogP contribution in [0.15, 0.2) is 0 Å². The van der Waals surface area contributed by atoms with Crippen molar-refractivity contribution < 1.29 is 0 Å². The minimum Gasteiger partial charge on any atom is -0.327 e. The monoisotopic (exact) mass is 406 g/mol. The third kappa shape index (κ3) is 5.59. The Balaban J connectivity index is 2.27. The van der Waals surface area contributed by atoms with Crippen LogP contribution in [0.2, 0.25) is 0 Å². The van der Waals surface area contributed by atoms with Gasteiger partial charge in [-0.3, -0.25) is 0 Å². The van der Waals surface area contributed by atoms with Crippen molar-refractivity contribution in [3.63, 3.8) is 0 Å². The lowest BCUT2D eigenvalue weighted by Gasteiger charge is -2.51. The van der Waals surface area contributed by atoms with Crippen molar-refractivity contribution in [1.82, 2.24) is 0 Å². The molecular formula is C27H54N2. The van der Waals surface area contributed by atoms with Gasteiger partial charge in [0, 0.05) is 12.1 Å². The fourth-order valence-electron chi connectivity index (χ4n) is 7.47. The molecule has 4 unspecified atom stereocenters. The van der Waals surface area contributed by atoms with E-state index in [9.17, 15) is 0 Å². The van der Waals surface area contributed by atoms with E-state index in [0.29, 0.717) is 59.4 Å². The molecule has 29 heavy (non-hydrogen) atoms. The molecule has 0 bridgehead atoms. The summed E-state index contributed by atoms with van der Waals surface area (Å²) < 4.78 is 0. The Morgan fingerprint density at radius 2 is 0.793 bits per heavy atom. The predicted octanol–water partition coefficient (Wildman–Crippen LogP) is 6.58. The molecule has 4 N–H and O–H groups in total. The zero-order valence-corrected chi connectivity index (χ0v) is 21.2. The van der Waals surface area contributed by atoms with E-state index in [1.54, 1.807) is 0 Å². The van der Waals surface area contributed by atoms with Crippen LogP contribution in [0.25, 0.3) is 0 Å². The van der Waals surface area contributed by atoms with Gasteiger partial charge in [0.2, 0.25) is 0 Å². The van der Waals surface area contributed by atoms with Crippen molar-refractivity contribution in [3.05, 3.63) is 0 Å². The van der Waals surface area contributed by atoms with Crippen molar-refractivity contribution in [3.8, 4) is 0 Å². The van der Waals surface area contributed by atoms with Gasteiger partial charge in [0.05, 0.1) is 0 Å². The second-order valence-electron chi connectivity index (χ2n) is 12.3. The molecule has 2 aliphatic rings. The largest absolute Gasteiger partial charge is 0.327 e. The Morgan fingerprint density at radius 3 is 0.966 bits per heavy atom. The van der Waals surface area contributed by atoms with E-state index >= 15 is 0 Å². The molecule has 0 aromatic heterocycles. The molecule has 2 heteroatoms. The van der Waals surface area contributed by atoms with Crippen LogP contribution < -0.4 is 11.5 Å². The van der Waals surface area contributed by atoms with Crippen molar-refractivity contribution >= 4 is 0 Å². The minimum absolute atomic E-state index is 0.385. The SMILES string of the molecule is CCC(C1CC(C(C)C)C(N)C(C(C)C)C1)C1CC(C(C)C)C(N)C(C(C)C)C1. The molecule has 2 nitrogen and oxygen atoms in total. The van der Waals surface area contributed by atoms with Crippen LogP contribution in [0, 0.1) is 65.1 Å². The van der Waals surface area contributed by atoms with Crippen molar-refractivity contribution in [1.29, 1.82) is 0 Å². The lowest BCUT2D eigenvalue weighted by molar-refractivity contribution is 0.00766.